The van der Waals surface area contributed by atoms with Crippen molar-refractivity contribution in [3.63, 3.8) is 0 Å². The Morgan fingerprint density at radius 2 is 1.65 bits per heavy atom. The van der Waals surface area contributed by atoms with Crippen LogP contribution in [0.15, 0.2) is 35.2 Å². The molecular weight excluding hydrogens is 307 g/mol. The van der Waals surface area contributed by atoms with E-state index in [4.69, 9.17) is 34.8 Å². The molecule has 1 N–H and O–H groups in total. The van der Waals surface area contributed by atoms with Crippen molar-refractivity contribution in [3.8, 4) is 0 Å². The van der Waals surface area contributed by atoms with Crippen LogP contribution in [0.3, 0.4) is 0 Å². The topological polar surface area (TPSA) is 54.4 Å². The molecule has 17 heavy (non-hydrogen) atoms. The Kier molecular flexibility index (Phi) is 4.72. The Morgan fingerprint density at radius 3 is 2.06 bits per heavy atom. The molecule has 0 bridgehead atoms. The third-order valence-corrected chi connectivity index (χ3v) is 5.18. The molecular formula is C10H11Cl3O3S. The number of hydrogen-bond donors (Lipinski definition) is 1. The van der Waals surface area contributed by atoms with Gasteiger partial charge in [-0.05, 0) is 19.1 Å². The molecule has 0 spiro atoms. The zero-order chi connectivity index (χ0) is 13.3. The van der Waals surface area contributed by atoms with E-state index < -0.39 is 25.0 Å². The fourth-order valence-electron chi connectivity index (χ4n) is 1.26. The van der Waals surface area contributed by atoms with Crippen molar-refractivity contribution in [2.75, 3.05) is 0 Å². The maximum atomic E-state index is 12.1. The Bertz CT molecular complexity index is 467. The predicted molar refractivity (Wildman–Crippen MR) is 69.4 cm³/mol. The van der Waals surface area contributed by atoms with Crippen molar-refractivity contribution < 1.29 is 13.5 Å². The average Bonchev–Trinajstić information content (AvgIpc) is 2.27. The molecule has 0 unspecified atom stereocenters. The summed E-state index contributed by atoms with van der Waals surface area (Å²) in [7, 11) is -3.72. The molecule has 0 saturated carbocycles. The van der Waals surface area contributed by atoms with E-state index in [1.54, 1.807) is 18.2 Å². The molecule has 0 fully saturated rings. The molecule has 3 nitrogen and oxygen atoms in total. The maximum Gasteiger partial charge on any atom is 0.217 e. The van der Waals surface area contributed by atoms with Gasteiger partial charge < -0.3 is 5.11 Å². The summed E-state index contributed by atoms with van der Waals surface area (Å²) in [4.78, 5) is 0.0841. The number of aliphatic hydroxyl groups excluding tert-OH is 1. The summed E-state index contributed by atoms with van der Waals surface area (Å²) in [6.07, 6.45) is -1.60. The zero-order valence-corrected chi connectivity index (χ0v) is 11.9. The van der Waals surface area contributed by atoms with E-state index in [1.165, 1.54) is 19.1 Å². The Hall–Kier alpha value is -0.000000000000000222. The minimum Gasteiger partial charge on any atom is -0.387 e. The summed E-state index contributed by atoms with van der Waals surface area (Å²) < 4.78 is 22.1. The van der Waals surface area contributed by atoms with Gasteiger partial charge in [0, 0.05) is 0 Å². The molecule has 0 aliphatic carbocycles. The molecule has 0 heterocycles. The molecule has 0 aromatic heterocycles. The summed E-state index contributed by atoms with van der Waals surface area (Å²) in [5.41, 5.74) is 0. The quantitative estimate of drug-likeness (QED) is 0.872. The van der Waals surface area contributed by atoms with Crippen LogP contribution in [-0.4, -0.2) is 28.7 Å². The van der Waals surface area contributed by atoms with Gasteiger partial charge in [0.15, 0.2) is 9.84 Å². The molecule has 0 radical (unpaired) electrons. The van der Waals surface area contributed by atoms with Gasteiger partial charge in [-0.1, -0.05) is 53.0 Å². The SMILES string of the molecule is C[C@H]([C@@H](O)C(Cl)(Cl)Cl)S(=O)(=O)c1ccccc1. The number of aliphatic hydroxyl groups is 1. The first-order valence-corrected chi connectivity index (χ1v) is 7.39. The molecule has 1 rings (SSSR count). The number of alkyl halides is 3. The van der Waals surface area contributed by atoms with Crippen molar-refractivity contribution in [2.45, 2.75) is 27.0 Å². The van der Waals surface area contributed by atoms with E-state index in [0.29, 0.717) is 0 Å². The molecule has 0 amide bonds. The molecule has 7 heteroatoms. The molecule has 0 aliphatic heterocycles. The largest absolute Gasteiger partial charge is 0.387 e. The van der Waals surface area contributed by atoms with Crippen LogP contribution in [-0.2, 0) is 9.84 Å². The summed E-state index contributed by atoms with van der Waals surface area (Å²) in [5.74, 6) is 0. The Morgan fingerprint density at radius 1 is 1.18 bits per heavy atom. The van der Waals surface area contributed by atoms with Crippen LogP contribution in [0.4, 0.5) is 0 Å². The molecule has 0 saturated heterocycles. The maximum absolute atomic E-state index is 12.1. The Labute approximate surface area is 115 Å². The van der Waals surface area contributed by atoms with Gasteiger partial charge in [0.05, 0.1) is 10.1 Å². The van der Waals surface area contributed by atoms with Gasteiger partial charge in [-0.3, -0.25) is 0 Å². The van der Waals surface area contributed by atoms with Crippen molar-refractivity contribution in [1.29, 1.82) is 0 Å². The lowest BCUT2D eigenvalue weighted by molar-refractivity contribution is 0.177. The highest BCUT2D eigenvalue weighted by Crippen LogP contribution is 2.35. The number of hydrogen-bond acceptors (Lipinski definition) is 3. The summed E-state index contributed by atoms with van der Waals surface area (Å²) in [6, 6.07) is 7.71. The van der Waals surface area contributed by atoms with Crippen LogP contribution in [0.5, 0.6) is 0 Å². The number of halogens is 3. The van der Waals surface area contributed by atoms with E-state index in [9.17, 15) is 13.5 Å². The highest BCUT2D eigenvalue weighted by atomic mass is 35.6. The first-order chi connectivity index (χ1) is 7.67. The average molecular weight is 318 g/mol. The lowest BCUT2D eigenvalue weighted by Crippen LogP contribution is -2.40. The second-order valence-corrected chi connectivity index (χ2v) is 8.22. The van der Waals surface area contributed by atoms with Crippen LogP contribution < -0.4 is 0 Å². The Balaban J connectivity index is 3.09. The van der Waals surface area contributed by atoms with Crippen molar-refractivity contribution in [1.82, 2.24) is 0 Å². The first kappa shape index (κ1) is 15.1. The minimum absolute atomic E-state index is 0.0841. The monoisotopic (exact) mass is 316 g/mol. The number of sulfone groups is 1. The fourth-order valence-corrected chi connectivity index (χ4v) is 3.56. The van der Waals surface area contributed by atoms with Crippen LogP contribution >= 0.6 is 34.8 Å². The normalized spacial score (nSPS) is 16.5. The zero-order valence-electron chi connectivity index (χ0n) is 8.85. The summed E-state index contributed by atoms with van der Waals surface area (Å²) in [6.45, 7) is 1.30. The van der Waals surface area contributed by atoms with Gasteiger partial charge in [-0.15, -0.1) is 0 Å². The van der Waals surface area contributed by atoms with E-state index >= 15 is 0 Å². The van der Waals surface area contributed by atoms with Gasteiger partial charge in [0.25, 0.3) is 0 Å². The standard InChI is InChI=1S/C10H11Cl3O3S/c1-7(9(14)10(11,12)13)17(15,16)8-5-3-2-4-6-8/h2-7,9,14H,1H3/t7-,9-/m1/s1. The van der Waals surface area contributed by atoms with Gasteiger partial charge >= 0.3 is 0 Å². The van der Waals surface area contributed by atoms with Gasteiger partial charge in [0.2, 0.25) is 3.79 Å². The summed E-state index contributed by atoms with van der Waals surface area (Å²) in [5, 5.41) is 8.47. The van der Waals surface area contributed by atoms with E-state index in [2.05, 4.69) is 0 Å². The van der Waals surface area contributed by atoms with Gasteiger partial charge in [-0.2, -0.15) is 0 Å². The number of benzene rings is 1. The molecule has 0 aliphatic rings. The second kappa shape index (κ2) is 5.33. The first-order valence-electron chi connectivity index (χ1n) is 4.71. The second-order valence-electron chi connectivity index (χ2n) is 3.55. The van der Waals surface area contributed by atoms with Crippen molar-refractivity contribution in [3.05, 3.63) is 30.3 Å². The minimum atomic E-state index is -3.72. The van der Waals surface area contributed by atoms with Gasteiger partial charge in [0.1, 0.15) is 6.10 Å². The lowest BCUT2D eigenvalue weighted by atomic mass is 10.3. The van der Waals surface area contributed by atoms with Crippen molar-refractivity contribution in [2.24, 2.45) is 0 Å². The number of rotatable bonds is 3. The van der Waals surface area contributed by atoms with Crippen LogP contribution in [0, 0.1) is 0 Å². The van der Waals surface area contributed by atoms with Crippen LogP contribution in [0.1, 0.15) is 6.92 Å². The summed E-state index contributed by atoms with van der Waals surface area (Å²) >= 11 is 16.5. The predicted octanol–water partition coefficient (Wildman–Crippen LogP) is 2.58. The molecule has 1 aromatic rings. The highest BCUT2D eigenvalue weighted by Gasteiger charge is 2.41. The molecule has 96 valence electrons. The third kappa shape index (κ3) is 3.48. The van der Waals surface area contributed by atoms with Crippen LogP contribution in [0.25, 0.3) is 0 Å². The lowest BCUT2D eigenvalue weighted by Gasteiger charge is -2.24. The third-order valence-electron chi connectivity index (χ3n) is 2.34. The smallest absolute Gasteiger partial charge is 0.217 e. The van der Waals surface area contributed by atoms with Gasteiger partial charge in [-0.25, -0.2) is 8.42 Å². The molecule has 1 aromatic carbocycles. The highest BCUT2D eigenvalue weighted by molar-refractivity contribution is 7.92. The molecule has 2 atom stereocenters. The fraction of sp³-hybridized carbons (Fsp3) is 0.400. The van der Waals surface area contributed by atoms with Crippen LogP contribution in [0.2, 0.25) is 0 Å². The van der Waals surface area contributed by atoms with Crippen molar-refractivity contribution >= 4 is 44.6 Å². The van der Waals surface area contributed by atoms with E-state index in [0.717, 1.165) is 0 Å². The van der Waals surface area contributed by atoms with E-state index in [1.807, 2.05) is 0 Å². The van der Waals surface area contributed by atoms with E-state index in [-0.39, 0.29) is 4.90 Å².